The minimum Gasteiger partial charge on any atom is -0.126 e. The zero-order valence-corrected chi connectivity index (χ0v) is 7.05. The maximum atomic E-state index is 5.79. The van der Waals surface area contributed by atoms with Gasteiger partial charge in [-0.05, 0) is 12.3 Å². The van der Waals surface area contributed by atoms with Gasteiger partial charge in [-0.15, -0.1) is 23.2 Å². The Hall–Kier alpha value is 0.580. The number of hydrogen-bond acceptors (Lipinski definition) is 0. The summed E-state index contributed by atoms with van der Waals surface area (Å²) in [5.74, 6) is 0.623. The zero-order valence-electron chi connectivity index (χ0n) is 5.54. The lowest BCUT2D eigenvalue weighted by atomic mass is 9.93. The van der Waals surface area contributed by atoms with Crippen molar-refractivity contribution in [2.75, 3.05) is 5.88 Å². The first-order valence-corrected chi connectivity index (χ1v) is 3.68. The molecule has 0 saturated carbocycles. The van der Waals surface area contributed by atoms with Gasteiger partial charge in [-0.3, -0.25) is 0 Å². The monoisotopic (exact) mass is 154 g/mol. The molecule has 0 aliphatic rings. The smallest absolute Gasteiger partial charge is 0.0370 e. The van der Waals surface area contributed by atoms with Gasteiger partial charge in [0.25, 0.3) is 0 Å². The lowest BCUT2D eigenvalue weighted by Crippen LogP contribution is -2.23. The van der Waals surface area contributed by atoms with E-state index in [9.17, 15) is 0 Å². The molecule has 0 amide bonds. The molecule has 1 unspecified atom stereocenters. The molecule has 0 spiro atoms. The molecule has 8 heavy (non-hydrogen) atoms. The second-order valence-corrected chi connectivity index (χ2v) is 3.66. The molecule has 0 aromatic carbocycles. The Balaban J connectivity index is 3.71. The summed E-state index contributed by atoms with van der Waals surface area (Å²) in [6.07, 6.45) is 0. The van der Waals surface area contributed by atoms with Crippen LogP contribution in [0.4, 0.5) is 0 Å². The van der Waals surface area contributed by atoms with Crippen LogP contribution in [0.25, 0.3) is 0 Å². The summed E-state index contributed by atoms with van der Waals surface area (Å²) in [7, 11) is 0. The molecular weight excluding hydrogens is 143 g/mol. The number of alkyl halides is 2. The second-order valence-electron chi connectivity index (χ2n) is 2.74. The van der Waals surface area contributed by atoms with Crippen molar-refractivity contribution in [2.45, 2.75) is 26.1 Å². The molecule has 0 rings (SSSR count). The van der Waals surface area contributed by atoms with E-state index in [1.54, 1.807) is 0 Å². The predicted octanol–water partition coefficient (Wildman–Crippen LogP) is 2.88. The van der Waals surface area contributed by atoms with E-state index < -0.39 is 0 Å². The van der Waals surface area contributed by atoms with Crippen LogP contribution in [0, 0.1) is 5.41 Å². The van der Waals surface area contributed by atoms with Crippen LogP contribution in [0.5, 0.6) is 0 Å². The van der Waals surface area contributed by atoms with Gasteiger partial charge in [0.2, 0.25) is 0 Å². The van der Waals surface area contributed by atoms with Gasteiger partial charge in [0.1, 0.15) is 0 Å². The molecule has 0 bridgehead atoms. The molecule has 0 aromatic rings. The van der Waals surface area contributed by atoms with Gasteiger partial charge in [0.15, 0.2) is 0 Å². The summed E-state index contributed by atoms with van der Waals surface area (Å²) in [4.78, 5) is 0. The van der Waals surface area contributed by atoms with Gasteiger partial charge in [-0.2, -0.15) is 0 Å². The lowest BCUT2D eigenvalue weighted by molar-refractivity contribution is 0.412. The van der Waals surface area contributed by atoms with E-state index in [2.05, 4.69) is 13.8 Å². The van der Waals surface area contributed by atoms with Crippen molar-refractivity contribution < 1.29 is 0 Å². The topological polar surface area (TPSA) is 0 Å². The molecule has 0 saturated heterocycles. The van der Waals surface area contributed by atoms with E-state index >= 15 is 0 Å². The fourth-order valence-electron chi connectivity index (χ4n) is 0.106. The van der Waals surface area contributed by atoms with Crippen molar-refractivity contribution in [2.24, 2.45) is 5.41 Å². The molecular formula is C6H12Cl2. The van der Waals surface area contributed by atoms with Gasteiger partial charge in [-0.25, -0.2) is 0 Å². The molecule has 2 heteroatoms. The third-order valence-electron chi connectivity index (χ3n) is 1.42. The average Bonchev–Trinajstić information content (AvgIpc) is 1.67. The summed E-state index contributed by atoms with van der Waals surface area (Å²) in [5.41, 5.74) is 0.0725. The molecule has 50 valence electrons. The molecule has 0 aliphatic heterocycles. The first kappa shape index (κ1) is 8.58. The van der Waals surface area contributed by atoms with Gasteiger partial charge in [-0.1, -0.05) is 13.8 Å². The Labute approximate surface area is 61.2 Å². The maximum Gasteiger partial charge on any atom is 0.0370 e. The lowest BCUT2D eigenvalue weighted by Gasteiger charge is -2.23. The highest BCUT2D eigenvalue weighted by atomic mass is 35.5. The van der Waals surface area contributed by atoms with Crippen LogP contribution < -0.4 is 0 Å². The van der Waals surface area contributed by atoms with Gasteiger partial charge < -0.3 is 0 Å². The Bertz CT molecular complexity index is 66.9. The molecule has 0 nitrogen and oxygen atoms in total. The molecule has 0 fully saturated rings. The Morgan fingerprint density at radius 3 is 1.88 bits per heavy atom. The molecule has 0 heterocycles. The number of hydrogen-bond donors (Lipinski definition) is 0. The summed E-state index contributed by atoms with van der Waals surface area (Å²) in [6.45, 7) is 6.07. The summed E-state index contributed by atoms with van der Waals surface area (Å²) < 4.78 is 0. The highest BCUT2D eigenvalue weighted by Gasteiger charge is 2.22. The largest absolute Gasteiger partial charge is 0.126 e. The third kappa shape index (κ3) is 2.23. The average molecular weight is 155 g/mol. The maximum absolute atomic E-state index is 5.79. The van der Waals surface area contributed by atoms with E-state index in [1.807, 2.05) is 6.92 Å². The van der Waals surface area contributed by atoms with Crippen molar-refractivity contribution in [3.05, 3.63) is 0 Å². The van der Waals surface area contributed by atoms with E-state index in [-0.39, 0.29) is 10.8 Å². The van der Waals surface area contributed by atoms with E-state index in [0.29, 0.717) is 5.88 Å². The van der Waals surface area contributed by atoms with Crippen LogP contribution in [0.3, 0.4) is 0 Å². The fraction of sp³-hybridized carbons (Fsp3) is 1.00. The summed E-state index contributed by atoms with van der Waals surface area (Å²) >= 11 is 11.4. The summed E-state index contributed by atoms with van der Waals surface area (Å²) in [5, 5.41) is 0.153. The van der Waals surface area contributed by atoms with Crippen LogP contribution in [-0.2, 0) is 0 Å². The normalized spacial score (nSPS) is 16.1. The number of rotatable bonds is 2. The van der Waals surface area contributed by atoms with Crippen molar-refractivity contribution >= 4 is 23.2 Å². The molecule has 0 aliphatic carbocycles. The van der Waals surface area contributed by atoms with Gasteiger partial charge >= 0.3 is 0 Å². The Morgan fingerprint density at radius 2 is 1.88 bits per heavy atom. The predicted molar refractivity (Wildman–Crippen MR) is 39.8 cm³/mol. The first-order chi connectivity index (χ1) is 3.50. The van der Waals surface area contributed by atoms with Crippen LogP contribution in [0.2, 0.25) is 0 Å². The third-order valence-corrected chi connectivity index (χ3v) is 2.70. The zero-order chi connectivity index (χ0) is 6.78. The fourth-order valence-corrected chi connectivity index (χ4v) is 0.494. The van der Waals surface area contributed by atoms with Crippen molar-refractivity contribution in [3.63, 3.8) is 0 Å². The van der Waals surface area contributed by atoms with Crippen LogP contribution in [0.15, 0.2) is 0 Å². The highest BCUT2D eigenvalue weighted by Crippen LogP contribution is 2.25. The first-order valence-electron chi connectivity index (χ1n) is 2.71. The second kappa shape index (κ2) is 2.93. The van der Waals surface area contributed by atoms with E-state index in [0.717, 1.165) is 0 Å². The minimum absolute atomic E-state index is 0.0725. The van der Waals surface area contributed by atoms with Crippen molar-refractivity contribution in [1.29, 1.82) is 0 Å². The molecule has 1 atom stereocenters. The highest BCUT2D eigenvalue weighted by molar-refractivity contribution is 6.22. The Kier molecular flexibility index (Phi) is 3.14. The molecule has 0 N–H and O–H groups in total. The van der Waals surface area contributed by atoms with E-state index in [4.69, 9.17) is 23.2 Å². The van der Waals surface area contributed by atoms with E-state index in [1.165, 1.54) is 0 Å². The molecule has 0 aromatic heterocycles. The number of halogens is 2. The van der Waals surface area contributed by atoms with Crippen LogP contribution in [0.1, 0.15) is 20.8 Å². The Morgan fingerprint density at radius 1 is 1.50 bits per heavy atom. The van der Waals surface area contributed by atoms with Crippen molar-refractivity contribution in [3.8, 4) is 0 Å². The molecule has 0 radical (unpaired) electrons. The standard InChI is InChI=1S/C6H12Cl2/c1-5(8)6(2,3)4-7/h5H,4H2,1-3H3. The quantitative estimate of drug-likeness (QED) is 0.538. The van der Waals surface area contributed by atoms with Crippen LogP contribution >= 0.6 is 23.2 Å². The SMILES string of the molecule is CC(Cl)C(C)(C)CCl. The van der Waals surface area contributed by atoms with Crippen molar-refractivity contribution in [1.82, 2.24) is 0 Å². The van der Waals surface area contributed by atoms with Crippen LogP contribution in [-0.4, -0.2) is 11.3 Å². The van der Waals surface area contributed by atoms with Gasteiger partial charge in [0.05, 0.1) is 0 Å². The van der Waals surface area contributed by atoms with Gasteiger partial charge in [0, 0.05) is 11.3 Å². The summed E-state index contributed by atoms with van der Waals surface area (Å²) in [6, 6.07) is 0. The minimum atomic E-state index is 0.0725.